The summed E-state index contributed by atoms with van der Waals surface area (Å²) in [6.07, 6.45) is 6.77. The van der Waals surface area contributed by atoms with Crippen LogP contribution < -0.4 is 9.46 Å². The minimum absolute atomic E-state index is 0.437. The monoisotopic (exact) mass is 459 g/mol. The van der Waals surface area contributed by atoms with E-state index in [2.05, 4.69) is 29.0 Å². The lowest BCUT2D eigenvalue weighted by Crippen LogP contribution is -2.30. The summed E-state index contributed by atoms with van der Waals surface area (Å²) in [4.78, 5) is 4.83. The number of nitrogens with zero attached hydrogens (tertiary/aromatic N) is 5. The summed E-state index contributed by atoms with van der Waals surface area (Å²) in [5, 5.41) is 25.9. The van der Waals surface area contributed by atoms with Crippen LogP contribution in [0.5, 0.6) is 0 Å². The van der Waals surface area contributed by atoms with E-state index in [0.29, 0.717) is 28.6 Å². The van der Waals surface area contributed by atoms with Crippen LogP contribution >= 0.6 is 0 Å². The van der Waals surface area contributed by atoms with E-state index in [1.807, 2.05) is 47.0 Å². The van der Waals surface area contributed by atoms with Crippen molar-refractivity contribution in [2.24, 2.45) is 0 Å². The number of pyridine rings is 2. The lowest BCUT2D eigenvalue weighted by atomic mass is 10.1. The average molecular weight is 460 g/mol. The van der Waals surface area contributed by atoms with Crippen LogP contribution in [0.2, 0.25) is 0 Å². The Hall–Kier alpha value is -4.91. The molecule has 0 saturated carbocycles. The first kappa shape index (κ1) is 20.7. The van der Waals surface area contributed by atoms with E-state index < -0.39 is 0 Å². The minimum Gasteiger partial charge on any atom is -0.618 e. The maximum absolute atomic E-state index is 12.4. The van der Waals surface area contributed by atoms with Crippen molar-refractivity contribution in [3.8, 4) is 34.2 Å². The van der Waals surface area contributed by atoms with Crippen LogP contribution in [0.1, 0.15) is 5.69 Å². The van der Waals surface area contributed by atoms with Crippen molar-refractivity contribution >= 4 is 10.9 Å². The van der Waals surface area contributed by atoms with Gasteiger partial charge in [-0.2, -0.15) is 9.46 Å². The maximum atomic E-state index is 12.4. The molecule has 7 heteroatoms. The van der Waals surface area contributed by atoms with Crippen LogP contribution in [0.4, 0.5) is 0 Å². The molecule has 0 atom stereocenters. The number of hydrogen-bond donors (Lipinski definition) is 0. The van der Waals surface area contributed by atoms with Gasteiger partial charge in [0, 0.05) is 48.8 Å². The Balaban J connectivity index is 1.50. The van der Waals surface area contributed by atoms with E-state index in [0.717, 1.165) is 26.2 Å². The molecule has 0 spiro atoms. The summed E-state index contributed by atoms with van der Waals surface area (Å²) >= 11 is 0. The first-order valence-electron chi connectivity index (χ1n) is 11.2. The SMILES string of the molecule is Cc1c(-n2cc(-c3cccc[n+]3[O-])nc2-c2ccc(-n3ccc4ccccc43)cc2)ccc[n+]1[O-]. The molecule has 6 aromatic rings. The van der Waals surface area contributed by atoms with E-state index in [1.54, 1.807) is 37.4 Å². The van der Waals surface area contributed by atoms with Crippen LogP contribution in [0.3, 0.4) is 0 Å². The van der Waals surface area contributed by atoms with Gasteiger partial charge in [0.25, 0.3) is 0 Å². The Kier molecular flexibility index (Phi) is 4.81. The third-order valence-corrected chi connectivity index (χ3v) is 6.23. The summed E-state index contributed by atoms with van der Waals surface area (Å²) in [6.45, 7) is 1.77. The highest BCUT2D eigenvalue weighted by molar-refractivity contribution is 5.82. The summed E-state index contributed by atoms with van der Waals surface area (Å²) in [5.41, 5.74) is 5.23. The molecular formula is C28H21N5O2. The first-order valence-corrected chi connectivity index (χ1v) is 11.2. The Bertz CT molecular complexity index is 1680. The second-order valence-electron chi connectivity index (χ2n) is 8.33. The van der Waals surface area contributed by atoms with Crippen LogP contribution in [0, 0.1) is 17.3 Å². The molecule has 4 heterocycles. The van der Waals surface area contributed by atoms with Gasteiger partial charge in [0.15, 0.2) is 18.1 Å². The predicted octanol–water partition coefficient (Wildman–Crippen LogP) is 4.73. The molecule has 0 aliphatic heterocycles. The fraction of sp³-hybridized carbons (Fsp3) is 0.0357. The van der Waals surface area contributed by atoms with E-state index >= 15 is 0 Å². The molecule has 0 aliphatic carbocycles. The largest absolute Gasteiger partial charge is 0.618 e. The van der Waals surface area contributed by atoms with E-state index in [9.17, 15) is 10.4 Å². The molecule has 7 nitrogen and oxygen atoms in total. The topological polar surface area (TPSA) is 76.6 Å². The highest BCUT2D eigenvalue weighted by Gasteiger charge is 2.20. The number of fused-ring (bicyclic) bond motifs is 1. The van der Waals surface area contributed by atoms with Crippen molar-refractivity contribution in [1.82, 2.24) is 14.1 Å². The van der Waals surface area contributed by atoms with Crippen molar-refractivity contribution in [2.45, 2.75) is 6.92 Å². The molecule has 0 amide bonds. The highest BCUT2D eigenvalue weighted by Crippen LogP contribution is 2.29. The van der Waals surface area contributed by atoms with Gasteiger partial charge < -0.3 is 15.0 Å². The predicted molar refractivity (Wildman–Crippen MR) is 134 cm³/mol. The van der Waals surface area contributed by atoms with Gasteiger partial charge in [0.2, 0.25) is 11.4 Å². The smallest absolute Gasteiger partial charge is 0.243 e. The highest BCUT2D eigenvalue weighted by atomic mass is 16.5. The Labute approximate surface area is 201 Å². The van der Waals surface area contributed by atoms with Crippen LogP contribution in [-0.2, 0) is 0 Å². The van der Waals surface area contributed by atoms with E-state index in [1.165, 1.54) is 17.8 Å². The average Bonchev–Trinajstić information content (AvgIpc) is 3.51. The number of hydrogen-bond acceptors (Lipinski definition) is 3. The molecule has 170 valence electrons. The normalized spacial score (nSPS) is 11.2. The molecule has 0 N–H and O–H groups in total. The third kappa shape index (κ3) is 3.50. The van der Waals surface area contributed by atoms with Crippen molar-refractivity contribution in [1.29, 1.82) is 0 Å². The molecule has 6 rings (SSSR count). The Morgan fingerprint density at radius 3 is 2.34 bits per heavy atom. The van der Waals surface area contributed by atoms with E-state index in [-0.39, 0.29) is 0 Å². The van der Waals surface area contributed by atoms with Gasteiger partial charge in [0.05, 0.1) is 5.52 Å². The van der Waals surface area contributed by atoms with Gasteiger partial charge in [-0.15, -0.1) is 0 Å². The number of imidazole rings is 1. The molecule has 0 bridgehead atoms. The fourth-order valence-corrected chi connectivity index (χ4v) is 4.41. The number of para-hydroxylation sites is 1. The second kappa shape index (κ2) is 8.14. The van der Waals surface area contributed by atoms with E-state index in [4.69, 9.17) is 4.98 Å². The number of aromatic nitrogens is 5. The zero-order valence-electron chi connectivity index (χ0n) is 18.9. The van der Waals surface area contributed by atoms with Crippen molar-refractivity contribution in [2.75, 3.05) is 0 Å². The number of rotatable bonds is 4. The molecular weight excluding hydrogens is 438 g/mol. The van der Waals surface area contributed by atoms with Crippen LogP contribution in [0.15, 0.2) is 110 Å². The fourth-order valence-electron chi connectivity index (χ4n) is 4.41. The van der Waals surface area contributed by atoms with Gasteiger partial charge in [-0.3, -0.25) is 4.57 Å². The van der Waals surface area contributed by atoms with Crippen molar-refractivity contribution in [3.63, 3.8) is 0 Å². The Morgan fingerprint density at radius 2 is 1.51 bits per heavy atom. The summed E-state index contributed by atoms with van der Waals surface area (Å²) in [6, 6.07) is 27.2. The third-order valence-electron chi connectivity index (χ3n) is 6.23. The molecule has 0 fully saturated rings. The zero-order chi connectivity index (χ0) is 23.9. The lowest BCUT2D eigenvalue weighted by Gasteiger charge is -2.11. The van der Waals surface area contributed by atoms with Crippen LogP contribution in [0.25, 0.3) is 45.1 Å². The molecule has 0 saturated heterocycles. The molecule has 2 aromatic carbocycles. The van der Waals surface area contributed by atoms with Crippen molar-refractivity contribution in [3.05, 3.63) is 126 Å². The number of benzene rings is 2. The first-order chi connectivity index (χ1) is 17.1. The van der Waals surface area contributed by atoms with Gasteiger partial charge in [0.1, 0.15) is 11.5 Å². The molecule has 0 unspecified atom stereocenters. The van der Waals surface area contributed by atoms with Crippen molar-refractivity contribution < 1.29 is 9.46 Å². The quantitative estimate of drug-likeness (QED) is 0.283. The zero-order valence-corrected chi connectivity index (χ0v) is 18.9. The van der Waals surface area contributed by atoms with Gasteiger partial charge >= 0.3 is 0 Å². The molecule has 4 aromatic heterocycles. The van der Waals surface area contributed by atoms with Gasteiger partial charge in [-0.1, -0.05) is 18.2 Å². The summed E-state index contributed by atoms with van der Waals surface area (Å²) in [7, 11) is 0. The molecule has 0 aliphatic rings. The minimum atomic E-state index is 0.437. The molecule has 0 radical (unpaired) electrons. The van der Waals surface area contributed by atoms with Gasteiger partial charge in [-0.25, -0.2) is 4.98 Å². The second-order valence-corrected chi connectivity index (χ2v) is 8.33. The Morgan fingerprint density at radius 1 is 0.743 bits per heavy atom. The summed E-state index contributed by atoms with van der Waals surface area (Å²) in [5.74, 6) is 0.641. The standard InChI is InChI=1S/C28H21N5O2/c1-20-25(10-6-17-32(20)34)31-19-24(27-9-4-5-16-33(27)35)29-28(31)22-11-13-23(14-12-22)30-18-15-21-7-2-3-8-26(21)30/h2-19H,1H3. The van der Waals surface area contributed by atoms with Gasteiger partial charge in [-0.05, 0) is 53.9 Å². The molecule has 35 heavy (non-hydrogen) atoms. The maximum Gasteiger partial charge on any atom is 0.243 e. The summed E-state index contributed by atoms with van der Waals surface area (Å²) < 4.78 is 5.63. The van der Waals surface area contributed by atoms with Crippen LogP contribution in [-0.4, -0.2) is 14.1 Å². The lowest BCUT2D eigenvalue weighted by molar-refractivity contribution is -0.612.